The number of amides is 1. The molecule has 0 aliphatic heterocycles. The number of halogens is 1. The van der Waals surface area contributed by atoms with Gasteiger partial charge in [-0.15, -0.1) is 10.2 Å². The van der Waals surface area contributed by atoms with Gasteiger partial charge in [0.2, 0.25) is 5.91 Å². The first kappa shape index (κ1) is 15.6. The molecular weight excluding hydrogens is 338 g/mol. The molecule has 118 valence electrons. The average Bonchev–Trinajstić information content (AvgIpc) is 2.96. The average molecular weight is 350 g/mol. The molecule has 7 nitrogen and oxygen atoms in total. The van der Waals surface area contributed by atoms with E-state index in [1.165, 1.54) is 23.9 Å². The standard InChI is InChI=1S/C14H12ClN5O2S/c1-8-4-13(20-7-16-19-14(20)17-8)23-6-12(22)18-10-5-9(15)2-3-11(10)21/h2-5,7,21H,6H2,1H3,(H,18,22). The van der Waals surface area contributed by atoms with Crippen LogP contribution in [0.2, 0.25) is 5.02 Å². The van der Waals surface area contributed by atoms with Crippen molar-refractivity contribution in [1.82, 2.24) is 19.6 Å². The van der Waals surface area contributed by atoms with E-state index in [4.69, 9.17) is 11.6 Å². The summed E-state index contributed by atoms with van der Waals surface area (Å²) in [6.45, 7) is 1.85. The molecule has 0 saturated carbocycles. The van der Waals surface area contributed by atoms with Gasteiger partial charge < -0.3 is 10.4 Å². The summed E-state index contributed by atoms with van der Waals surface area (Å²) in [5, 5.41) is 21.3. The Morgan fingerprint density at radius 1 is 1.43 bits per heavy atom. The van der Waals surface area contributed by atoms with Crippen molar-refractivity contribution in [2.24, 2.45) is 0 Å². The minimum absolute atomic E-state index is 0.0336. The summed E-state index contributed by atoms with van der Waals surface area (Å²) in [6.07, 6.45) is 1.55. The van der Waals surface area contributed by atoms with E-state index in [0.717, 1.165) is 10.7 Å². The zero-order valence-corrected chi connectivity index (χ0v) is 13.6. The number of phenols is 1. The minimum Gasteiger partial charge on any atom is -0.506 e. The Morgan fingerprint density at radius 2 is 2.26 bits per heavy atom. The lowest BCUT2D eigenvalue weighted by Gasteiger charge is -2.08. The number of phenolic OH excluding ortho intramolecular Hbond substituents is 1. The van der Waals surface area contributed by atoms with Crippen LogP contribution in [0.3, 0.4) is 0 Å². The predicted molar refractivity (Wildman–Crippen MR) is 88.0 cm³/mol. The first-order valence-corrected chi connectivity index (χ1v) is 7.98. The molecule has 2 aromatic heterocycles. The van der Waals surface area contributed by atoms with Gasteiger partial charge in [-0.05, 0) is 31.2 Å². The van der Waals surface area contributed by atoms with Crippen LogP contribution in [0.5, 0.6) is 5.75 Å². The molecular formula is C14H12ClN5O2S. The highest BCUT2D eigenvalue weighted by Crippen LogP contribution is 2.27. The van der Waals surface area contributed by atoms with Crippen molar-refractivity contribution in [2.45, 2.75) is 11.9 Å². The number of hydrogen-bond donors (Lipinski definition) is 2. The molecule has 1 amide bonds. The number of aromatic hydroxyl groups is 1. The maximum atomic E-state index is 12.1. The van der Waals surface area contributed by atoms with E-state index in [-0.39, 0.29) is 23.1 Å². The van der Waals surface area contributed by atoms with Crippen LogP contribution in [-0.4, -0.2) is 36.3 Å². The molecule has 0 bridgehead atoms. The van der Waals surface area contributed by atoms with Gasteiger partial charge in [-0.2, -0.15) is 0 Å². The first-order valence-electron chi connectivity index (χ1n) is 6.61. The molecule has 2 heterocycles. The molecule has 0 aliphatic rings. The molecule has 9 heteroatoms. The first-order chi connectivity index (χ1) is 11.0. The number of hydrogen-bond acceptors (Lipinski definition) is 6. The number of aromatic nitrogens is 4. The van der Waals surface area contributed by atoms with Crippen LogP contribution in [0.4, 0.5) is 5.69 Å². The van der Waals surface area contributed by atoms with Crippen LogP contribution in [0.15, 0.2) is 35.6 Å². The molecule has 2 N–H and O–H groups in total. The Labute approximate surface area is 140 Å². The summed E-state index contributed by atoms with van der Waals surface area (Å²) < 4.78 is 1.71. The van der Waals surface area contributed by atoms with E-state index in [0.29, 0.717) is 10.8 Å². The van der Waals surface area contributed by atoms with Gasteiger partial charge in [0.15, 0.2) is 0 Å². The number of carbonyl (C=O) groups excluding carboxylic acids is 1. The molecule has 1 aromatic carbocycles. The molecule has 0 spiro atoms. The summed E-state index contributed by atoms with van der Waals surface area (Å²) in [4.78, 5) is 16.3. The maximum Gasteiger partial charge on any atom is 0.255 e. The number of aryl methyl sites for hydroxylation is 1. The van der Waals surface area contributed by atoms with E-state index in [2.05, 4.69) is 20.5 Å². The molecule has 3 rings (SSSR count). The second kappa shape index (κ2) is 6.43. The highest BCUT2D eigenvalue weighted by molar-refractivity contribution is 7.99. The summed E-state index contributed by atoms with van der Waals surface area (Å²) in [6, 6.07) is 6.32. The van der Waals surface area contributed by atoms with Gasteiger partial charge in [-0.1, -0.05) is 23.4 Å². The second-order valence-corrected chi connectivity index (χ2v) is 6.17. The van der Waals surface area contributed by atoms with E-state index in [1.54, 1.807) is 16.8 Å². The van der Waals surface area contributed by atoms with E-state index in [1.807, 2.05) is 13.0 Å². The Morgan fingerprint density at radius 3 is 3.09 bits per heavy atom. The quantitative estimate of drug-likeness (QED) is 0.427. The van der Waals surface area contributed by atoms with Crippen LogP contribution in [0.25, 0.3) is 5.78 Å². The van der Waals surface area contributed by atoms with Gasteiger partial charge in [0.05, 0.1) is 16.5 Å². The number of nitrogens with zero attached hydrogens (tertiary/aromatic N) is 4. The third kappa shape index (κ3) is 3.54. The van der Waals surface area contributed by atoms with Crippen molar-refractivity contribution in [3.63, 3.8) is 0 Å². The number of fused-ring (bicyclic) bond motifs is 1. The monoisotopic (exact) mass is 349 g/mol. The lowest BCUT2D eigenvalue weighted by atomic mass is 10.3. The highest BCUT2D eigenvalue weighted by Gasteiger charge is 2.11. The van der Waals surface area contributed by atoms with Gasteiger partial charge in [0.25, 0.3) is 5.78 Å². The predicted octanol–water partition coefficient (Wildman–Crippen LogP) is 2.52. The van der Waals surface area contributed by atoms with Crippen molar-refractivity contribution in [3.8, 4) is 5.75 Å². The molecule has 3 aromatic rings. The molecule has 0 atom stereocenters. The summed E-state index contributed by atoms with van der Waals surface area (Å²) in [5.41, 5.74) is 1.07. The van der Waals surface area contributed by atoms with Gasteiger partial charge in [-0.25, -0.2) is 4.98 Å². The van der Waals surface area contributed by atoms with Crippen LogP contribution in [-0.2, 0) is 4.79 Å². The highest BCUT2D eigenvalue weighted by atomic mass is 35.5. The van der Waals surface area contributed by atoms with Crippen molar-refractivity contribution < 1.29 is 9.90 Å². The lowest BCUT2D eigenvalue weighted by Crippen LogP contribution is -2.14. The van der Waals surface area contributed by atoms with Gasteiger partial charge >= 0.3 is 0 Å². The largest absolute Gasteiger partial charge is 0.506 e. The van der Waals surface area contributed by atoms with Crippen molar-refractivity contribution >= 4 is 40.7 Å². The molecule has 23 heavy (non-hydrogen) atoms. The zero-order chi connectivity index (χ0) is 16.4. The second-order valence-electron chi connectivity index (χ2n) is 4.74. The Bertz CT molecular complexity index is 883. The van der Waals surface area contributed by atoms with Crippen LogP contribution in [0.1, 0.15) is 5.69 Å². The fraction of sp³-hybridized carbons (Fsp3) is 0.143. The summed E-state index contributed by atoms with van der Waals surface area (Å²) in [5.74, 6) is 0.347. The third-order valence-corrected chi connectivity index (χ3v) is 4.21. The maximum absolute atomic E-state index is 12.1. The van der Waals surface area contributed by atoms with E-state index >= 15 is 0 Å². The minimum atomic E-state index is -0.261. The molecule has 0 fully saturated rings. The SMILES string of the molecule is Cc1cc(SCC(=O)Nc2cc(Cl)ccc2O)n2cnnc2n1. The van der Waals surface area contributed by atoms with Crippen molar-refractivity contribution in [3.05, 3.63) is 41.3 Å². The normalized spacial score (nSPS) is 10.9. The molecule has 0 radical (unpaired) electrons. The Kier molecular flexibility index (Phi) is 4.35. The number of rotatable bonds is 4. The van der Waals surface area contributed by atoms with Gasteiger partial charge in [0.1, 0.15) is 12.1 Å². The number of anilines is 1. The lowest BCUT2D eigenvalue weighted by molar-refractivity contribution is -0.113. The van der Waals surface area contributed by atoms with Gasteiger partial charge in [-0.3, -0.25) is 9.20 Å². The smallest absolute Gasteiger partial charge is 0.255 e. The number of thioether (sulfide) groups is 1. The third-order valence-electron chi connectivity index (χ3n) is 2.96. The number of nitrogens with one attached hydrogen (secondary N) is 1. The fourth-order valence-electron chi connectivity index (χ4n) is 1.94. The molecule has 0 aliphatic carbocycles. The topological polar surface area (TPSA) is 92.4 Å². The summed E-state index contributed by atoms with van der Waals surface area (Å²) >= 11 is 7.17. The summed E-state index contributed by atoms with van der Waals surface area (Å²) in [7, 11) is 0. The van der Waals surface area contributed by atoms with E-state index in [9.17, 15) is 9.90 Å². The van der Waals surface area contributed by atoms with Crippen LogP contribution >= 0.6 is 23.4 Å². The number of benzene rings is 1. The van der Waals surface area contributed by atoms with Crippen molar-refractivity contribution in [2.75, 3.05) is 11.1 Å². The zero-order valence-electron chi connectivity index (χ0n) is 12.0. The molecule has 0 saturated heterocycles. The van der Waals surface area contributed by atoms with Crippen molar-refractivity contribution in [1.29, 1.82) is 0 Å². The van der Waals surface area contributed by atoms with Gasteiger partial charge in [0, 0.05) is 10.7 Å². The Balaban J connectivity index is 1.71. The van der Waals surface area contributed by atoms with E-state index < -0.39 is 0 Å². The Hall–Kier alpha value is -2.32. The fourth-order valence-corrected chi connectivity index (χ4v) is 2.99. The molecule has 0 unspecified atom stereocenters. The van der Waals surface area contributed by atoms with Crippen LogP contribution in [0, 0.1) is 6.92 Å². The van der Waals surface area contributed by atoms with Crippen LogP contribution < -0.4 is 5.32 Å². The number of carbonyl (C=O) groups is 1.